The third-order valence-corrected chi connectivity index (χ3v) is 3.86. The molecular weight excluding hydrogens is 353 g/mol. The molecule has 11 heteroatoms. The topological polar surface area (TPSA) is 154 Å². The van der Waals surface area contributed by atoms with Gasteiger partial charge in [-0.2, -0.15) is 4.98 Å². The lowest BCUT2D eigenvalue weighted by Crippen LogP contribution is -2.36. The second-order valence-electron chi connectivity index (χ2n) is 5.81. The Labute approximate surface area is 148 Å². The van der Waals surface area contributed by atoms with Crippen LogP contribution in [0.4, 0.5) is 15.0 Å². The first-order chi connectivity index (χ1) is 11.8. The van der Waals surface area contributed by atoms with E-state index in [0.29, 0.717) is 6.42 Å². The second kappa shape index (κ2) is 9.57. The summed E-state index contributed by atoms with van der Waals surface area (Å²) in [6.07, 6.45) is -2.25. The Morgan fingerprint density at radius 1 is 1.42 bits per heavy atom. The van der Waals surface area contributed by atoms with Gasteiger partial charge in [-0.05, 0) is 13.3 Å². The molecule has 0 saturated carbocycles. The van der Waals surface area contributed by atoms with Gasteiger partial charge in [-0.15, -0.1) is 0 Å². The van der Waals surface area contributed by atoms with E-state index in [1.54, 1.807) is 0 Å². The van der Waals surface area contributed by atoms with Gasteiger partial charge in [0.2, 0.25) is 0 Å². The third-order valence-electron chi connectivity index (χ3n) is 3.86. The quantitative estimate of drug-likeness (QED) is 0.586. The van der Waals surface area contributed by atoms with Gasteiger partial charge in [0.25, 0.3) is 0 Å². The molecule has 0 aromatic carbocycles. The summed E-state index contributed by atoms with van der Waals surface area (Å²) in [5.74, 6) is -1.59. The van der Waals surface area contributed by atoms with E-state index >= 15 is 0 Å². The minimum atomic E-state index is -1.41. The summed E-state index contributed by atoms with van der Waals surface area (Å²) >= 11 is 0. The molecule has 1 aromatic heterocycles. The zero-order chi connectivity index (χ0) is 18.6. The molecular formula is C15H24FN3O7. The SMILES string of the molecule is CCCCCOC(=O)Nc1nc(=O)n(C2O[C@H](C)[C@@H](O)[C@H]2O)cc1F.O. The Bertz CT molecular complexity index is 669. The highest BCUT2D eigenvalue weighted by atomic mass is 19.1. The second-order valence-corrected chi connectivity index (χ2v) is 5.81. The van der Waals surface area contributed by atoms with Crippen LogP contribution in [0.2, 0.25) is 0 Å². The van der Waals surface area contributed by atoms with Gasteiger partial charge in [-0.25, -0.2) is 14.0 Å². The standard InChI is InChI=1S/C15H22FN3O6.H2O/c1-3-4-5-6-24-15(23)18-12-9(16)7-19(14(22)17-12)13-11(21)10(20)8(2)25-13;/h7-8,10-11,13,20-21H,3-6H2,1-2H3,(H,17,18,22,23);1H2/t8-,10-,11-,13?;/m1./s1. The van der Waals surface area contributed by atoms with Crippen molar-refractivity contribution in [2.75, 3.05) is 11.9 Å². The zero-order valence-corrected chi connectivity index (χ0v) is 14.5. The molecule has 2 heterocycles. The van der Waals surface area contributed by atoms with Crippen LogP contribution in [0.1, 0.15) is 39.3 Å². The number of nitrogens with one attached hydrogen (secondary N) is 1. The molecule has 1 unspecified atom stereocenters. The van der Waals surface area contributed by atoms with E-state index in [1.807, 2.05) is 6.92 Å². The van der Waals surface area contributed by atoms with Crippen molar-refractivity contribution >= 4 is 11.9 Å². The molecule has 1 fully saturated rings. The first-order valence-corrected chi connectivity index (χ1v) is 8.09. The van der Waals surface area contributed by atoms with Gasteiger partial charge in [-0.3, -0.25) is 9.88 Å². The van der Waals surface area contributed by atoms with Gasteiger partial charge in [0.1, 0.15) is 12.2 Å². The van der Waals surface area contributed by atoms with Crippen LogP contribution in [0.25, 0.3) is 0 Å². The van der Waals surface area contributed by atoms with E-state index in [1.165, 1.54) is 6.92 Å². The van der Waals surface area contributed by atoms with Gasteiger partial charge < -0.3 is 25.2 Å². The molecule has 1 aliphatic heterocycles. The van der Waals surface area contributed by atoms with Crippen molar-refractivity contribution in [1.29, 1.82) is 0 Å². The average molecular weight is 377 g/mol. The molecule has 0 aliphatic carbocycles. The van der Waals surface area contributed by atoms with Gasteiger partial charge in [0.05, 0.1) is 18.9 Å². The number of unbranched alkanes of at least 4 members (excludes halogenated alkanes) is 2. The van der Waals surface area contributed by atoms with Gasteiger partial charge in [0, 0.05) is 0 Å². The van der Waals surface area contributed by atoms with Crippen LogP contribution in [0.3, 0.4) is 0 Å². The molecule has 1 aromatic rings. The highest BCUT2D eigenvalue weighted by Crippen LogP contribution is 2.28. The average Bonchev–Trinajstić information content (AvgIpc) is 2.82. The summed E-state index contributed by atoms with van der Waals surface area (Å²) in [6.45, 7) is 3.68. The van der Waals surface area contributed by atoms with Crippen LogP contribution >= 0.6 is 0 Å². The van der Waals surface area contributed by atoms with Crippen LogP contribution in [0, 0.1) is 5.82 Å². The number of aliphatic hydroxyl groups excluding tert-OH is 2. The van der Waals surface area contributed by atoms with Crippen molar-refractivity contribution in [1.82, 2.24) is 9.55 Å². The summed E-state index contributed by atoms with van der Waals surface area (Å²) < 4.78 is 24.9. The fourth-order valence-electron chi connectivity index (χ4n) is 2.42. The van der Waals surface area contributed by atoms with Gasteiger partial charge >= 0.3 is 11.8 Å². The van der Waals surface area contributed by atoms with Crippen LogP contribution in [0.5, 0.6) is 0 Å². The van der Waals surface area contributed by atoms with Crippen LogP contribution in [0.15, 0.2) is 11.0 Å². The lowest BCUT2D eigenvalue weighted by Gasteiger charge is -2.17. The Morgan fingerprint density at radius 2 is 2.12 bits per heavy atom. The number of nitrogens with zero attached hydrogens (tertiary/aromatic N) is 2. The van der Waals surface area contributed by atoms with Crippen molar-refractivity contribution < 1.29 is 34.3 Å². The maximum absolute atomic E-state index is 14.1. The van der Waals surface area contributed by atoms with Crippen LogP contribution in [-0.4, -0.2) is 56.3 Å². The molecule has 1 saturated heterocycles. The maximum atomic E-state index is 14.1. The smallest absolute Gasteiger partial charge is 0.412 e. The molecule has 1 aliphatic rings. The summed E-state index contributed by atoms with van der Waals surface area (Å²) in [5, 5.41) is 21.6. The normalized spacial score (nSPS) is 24.8. The highest BCUT2D eigenvalue weighted by molar-refractivity contribution is 5.83. The molecule has 26 heavy (non-hydrogen) atoms. The number of anilines is 1. The molecule has 2 rings (SSSR count). The van der Waals surface area contributed by atoms with Crippen molar-refractivity contribution in [3.8, 4) is 0 Å². The highest BCUT2D eigenvalue weighted by Gasteiger charge is 2.42. The number of aromatic nitrogens is 2. The summed E-state index contributed by atoms with van der Waals surface area (Å²) in [6, 6.07) is 0. The van der Waals surface area contributed by atoms with Crippen molar-refractivity contribution in [2.45, 2.75) is 57.6 Å². The number of ether oxygens (including phenoxy) is 2. The lowest BCUT2D eigenvalue weighted by molar-refractivity contribution is -0.0355. The molecule has 10 nitrogen and oxygen atoms in total. The van der Waals surface area contributed by atoms with Gasteiger partial charge in [-0.1, -0.05) is 19.8 Å². The van der Waals surface area contributed by atoms with E-state index in [0.717, 1.165) is 23.6 Å². The molecule has 0 bridgehead atoms. The van der Waals surface area contributed by atoms with E-state index in [-0.39, 0.29) is 12.1 Å². The van der Waals surface area contributed by atoms with Crippen molar-refractivity contribution in [3.05, 3.63) is 22.5 Å². The molecule has 0 radical (unpaired) electrons. The van der Waals surface area contributed by atoms with Crippen molar-refractivity contribution in [2.24, 2.45) is 0 Å². The van der Waals surface area contributed by atoms with Gasteiger partial charge in [0.15, 0.2) is 17.9 Å². The Balaban J connectivity index is 0.00000338. The van der Waals surface area contributed by atoms with Crippen molar-refractivity contribution in [3.63, 3.8) is 0 Å². The summed E-state index contributed by atoms with van der Waals surface area (Å²) in [4.78, 5) is 27.0. The fourth-order valence-corrected chi connectivity index (χ4v) is 2.42. The number of rotatable bonds is 6. The Morgan fingerprint density at radius 3 is 2.69 bits per heavy atom. The van der Waals surface area contributed by atoms with Crippen LogP contribution < -0.4 is 11.0 Å². The first-order valence-electron chi connectivity index (χ1n) is 8.09. The number of carbonyl (C=O) groups is 1. The van der Waals surface area contributed by atoms with E-state index in [2.05, 4.69) is 10.3 Å². The zero-order valence-electron chi connectivity index (χ0n) is 14.5. The van der Waals surface area contributed by atoms with E-state index in [4.69, 9.17) is 9.47 Å². The van der Waals surface area contributed by atoms with Crippen LogP contribution in [-0.2, 0) is 9.47 Å². The van der Waals surface area contributed by atoms with E-state index < -0.39 is 48.0 Å². The molecule has 5 N–H and O–H groups in total. The molecule has 1 amide bonds. The monoisotopic (exact) mass is 377 g/mol. The maximum Gasteiger partial charge on any atom is 0.412 e. The minimum absolute atomic E-state index is 0. The Kier molecular flexibility index (Phi) is 8.08. The third kappa shape index (κ3) is 4.97. The molecule has 4 atom stereocenters. The first kappa shape index (κ1) is 22.0. The lowest BCUT2D eigenvalue weighted by atomic mass is 10.1. The number of carbonyl (C=O) groups excluding carboxylic acids is 1. The minimum Gasteiger partial charge on any atom is -0.449 e. The number of hydrogen-bond donors (Lipinski definition) is 3. The Hall–Kier alpha value is -2.08. The number of hydrogen-bond acceptors (Lipinski definition) is 7. The number of aliphatic hydroxyl groups is 2. The number of halogens is 1. The largest absolute Gasteiger partial charge is 0.449 e. The summed E-state index contributed by atoms with van der Waals surface area (Å²) in [7, 11) is 0. The summed E-state index contributed by atoms with van der Waals surface area (Å²) in [5.41, 5.74) is -0.951. The van der Waals surface area contributed by atoms with E-state index in [9.17, 15) is 24.2 Å². The fraction of sp³-hybridized carbons (Fsp3) is 0.667. The molecule has 148 valence electrons. The predicted octanol–water partition coefficient (Wildman–Crippen LogP) is -0.0645. The predicted molar refractivity (Wildman–Crippen MR) is 88.2 cm³/mol. The molecule has 0 spiro atoms. The number of amides is 1.